The van der Waals surface area contributed by atoms with Gasteiger partial charge in [0.1, 0.15) is 0 Å². The van der Waals surface area contributed by atoms with Gasteiger partial charge >= 0.3 is 0 Å². The number of rotatable bonds is 6. The Labute approximate surface area is 135 Å². The summed E-state index contributed by atoms with van der Waals surface area (Å²) in [5, 5.41) is 4.40. The summed E-state index contributed by atoms with van der Waals surface area (Å²) in [6, 6.07) is 9.54. The Morgan fingerprint density at radius 3 is 2.53 bits per heavy atom. The van der Waals surface area contributed by atoms with Crippen molar-refractivity contribution in [3.05, 3.63) is 33.4 Å². The van der Waals surface area contributed by atoms with Gasteiger partial charge in [-0.2, -0.15) is 11.8 Å². The van der Waals surface area contributed by atoms with Crippen molar-refractivity contribution >= 4 is 34.4 Å². The van der Waals surface area contributed by atoms with Crippen molar-refractivity contribution in [1.29, 1.82) is 0 Å². The number of nitrogens with one attached hydrogen (secondary N) is 1. The van der Waals surface area contributed by atoms with Crippen molar-refractivity contribution in [2.75, 3.05) is 12.8 Å². The summed E-state index contributed by atoms with van der Waals surface area (Å²) in [7, 11) is 2.10. The number of hydrogen-bond acceptors (Lipinski definition) is 2. The molecular formula is C16H24INS. The lowest BCUT2D eigenvalue weighted by Crippen LogP contribution is -2.31. The molecule has 0 radical (unpaired) electrons. The topological polar surface area (TPSA) is 12.0 Å². The van der Waals surface area contributed by atoms with Crippen LogP contribution in [0.4, 0.5) is 0 Å². The van der Waals surface area contributed by atoms with Crippen LogP contribution in [0, 0.1) is 3.57 Å². The third kappa shape index (κ3) is 5.64. The van der Waals surface area contributed by atoms with Gasteiger partial charge in [0.15, 0.2) is 0 Å². The number of benzene rings is 1. The summed E-state index contributed by atoms with van der Waals surface area (Å²) in [5.74, 6) is 1.24. The third-order valence-corrected chi connectivity index (χ3v) is 6.15. The lowest BCUT2D eigenvalue weighted by atomic mass is 10.0. The van der Waals surface area contributed by atoms with Crippen LogP contribution in [0.25, 0.3) is 0 Å². The van der Waals surface area contributed by atoms with Gasteiger partial charge < -0.3 is 5.32 Å². The van der Waals surface area contributed by atoms with E-state index < -0.39 is 0 Å². The first-order chi connectivity index (χ1) is 9.28. The molecule has 0 spiro atoms. The molecule has 106 valence electrons. The lowest BCUT2D eigenvalue weighted by Gasteiger charge is -2.24. The van der Waals surface area contributed by atoms with Crippen molar-refractivity contribution in [1.82, 2.24) is 5.32 Å². The van der Waals surface area contributed by atoms with E-state index in [0.717, 1.165) is 11.7 Å². The second-order valence-corrected chi connectivity index (χ2v) is 7.99. The zero-order valence-electron chi connectivity index (χ0n) is 11.7. The summed E-state index contributed by atoms with van der Waals surface area (Å²) in [6.45, 7) is 0. The number of thioether (sulfide) groups is 1. The first-order valence-corrected chi connectivity index (χ1v) is 9.44. The summed E-state index contributed by atoms with van der Waals surface area (Å²) < 4.78 is 1.32. The van der Waals surface area contributed by atoms with E-state index in [1.807, 2.05) is 0 Å². The van der Waals surface area contributed by atoms with Gasteiger partial charge in [-0.05, 0) is 66.6 Å². The number of hydrogen-bond donors (Lipinski definition) is 1. The standard InChI is InChI=1S/C16H24INS/c1-18-15(11-13-7-9-14(17)10-8-13)12-19-16-5-3-2-4-6-16/h7-10,15-16,18H,2-6,11-12H2,1H3. The van der Waals surface area contributed by atoms with Crippen molar-refractivity contribution in [3.8, 4) is 0 Å². The largest absolute Gasteiger partial charge is 0.316 e. The van der Waals surface area contributed by atoms with Gasteiger partial charge in [-0.25, -0.2) is 0 Å². The maximum absolute atomic E-state index is 3.48. The van der Waals surface area contributed by atoms with E-state index in [1.165, 1.54) is 47.0 Å². The van der Waals surface area contributed by atoms with Gasteiger partial charge in [-0.3, -0.25) is 0 Å². The SMILES string of the molecule is CNC(CSC1CCCCC1)Cc1ccc(I)cc1. The molecule has 19 heavy (non-hydrogen) atoms. The minimum Gasteiger partial charge on any atom is -0.316 e. The average molecular weight is 389 g/mol. The van der Waals surface area contributed by atoms with Gasteiger partial charge in [0.05, 0.1) is 0 Å². The monoisotopic (exact) mass is 389 g/mol. The quantitative estimate of drug-likeness (QED) is 0.720. The Balaban J connectivity index is 1.77. The maximum atomic E-state index is 3.48. The van der Waals surface area contributed by atoms with Crippen LogP contribution >= 0.6 is 34.4 Å². The molecular weight excluding hydrogens is 365 g/mol. The predicted octanol–water partition coefficient (Wildman–Crippen LogP) is 4.49. The Hall–Kier alpha value is 0.260. The second kappa shape index (κ2) is 8.53. The second-order valence-electron chi connectivity index (χ2n) is 5.41. The molecule has 0 aromatic heterocycles. The Morgan fingerprint density at radius 2 is 1.89 bits per heavy atom. The van der Waals surface area contributed by atoms with Crippen LogP contribution < -0.4 is 5.32 Å². The molecule has 1 N–H and O–H groups in total. The molecule has 1 fully saturated rings. The third-order valence-electron chi connectivity index (χ3n) is 3.89. The highest BCUT2D eigenvalue weighted by molar-refractivity contribution is 14.1. The minimum absolute atomic E-state index is 0.604. The molecule has 0 bridgehead atoms. The van der Waals surface area contributed by atoms with Crippen LogP contribution in [0.2, 0.25) is 0 Å². The maximum Gasteiger partial charge on any atom is 0.0195 e. The molecule has 3 heteroatoms. The molecule has 1 unspecified atom stereocenters. The van der Waals surface area contributed by atoms with Gasteiger partial charge in [-0.1, -0.05) is 31.4 Å². The highest BCUT2D eigenvalue weighted by Crippen LogP contribution is 2.28. The molecule has 1 aliphatic carbocycles. The molecule has 0 amide bonds. The van der Waals surface area contributed by atoms with Crippen molar-refractivity contribution in [3.63, 3.8) is 0 Å². The van der Waals surface area contributed by atoms with Crippen molar-refractivity contribution in [2.45, 2.75) is 49.8 Å². The molecule has 0 aliphatic heterocycles. The Morgan fingerprint density at radius 1 is 1.21 bits per heavy atom. The van der Waals surface area contributed by atoms with Crippen molar-refractivity contribution < 1.29 is 0 Å². The highest BCUT2D eigenvalue weighted by atomic mass is 127. The van der Waals surface area contributed by atoms with Crippen LogP contribution in [0.1, 0.15) is 37.7 Å². The summed E-state index contributed by atoms with van der Waals surface area (Å²) in [6.07, 6.45) is 8.36. The van der Waals surface area contributed by atoms with Crippen LogP contribution in [0.5, 0.6) is 0 Å². The minimum atomic E-state index is 0.604. The molecule has 1 aromatic rings. The smallest absolute Gasteiger partial charge is 0.0195 e. The zero-order chi connectivity index (χ0) is 13.5. The summed E-state index contributed by atoms with van der Waals surface area (Å²) in [4.78, 5) is 0. The van der Waals surface area contributed by atoms with Gasteiger partial charge in [0, 0.05) is 20.6 Å². The predicted molar refractivity (Wildman–Crippen MR) is 95.0 cm³/mol. The van der Waals surface area contributed by atoms with Gasteiger partial charge in [0.25, 0.3) is 0 Å². The Kier molecular flexibility index (Phi) is 7.02. The molecule has 0 saturated heterocycles. The van der Waals surface area contributed by atoms with Crippen LogP contribution in [-0.4, -0.2) is 24.1 Å². The van der Waals surface area contributed by atoms with E-state index in [4.69, 9.17) is 0 Å². The van der Waals surface area contributed by atoms with Gasteiger partial charge in [0.2, 0.25) is 0 Å². The van der Waals surface area contributed by atoms with E-state index in [-0.39, 0.29) is 0 Å². The fourth-order valence-corrected chi connectivity index (χ4v) is 4.45. The van der Waals surface area contributed by atoms with E-state index in [0.29, 0.717) is 6.04 Å². The zero-order valence-corrected chi connectivity index (χ0v) is 14.7. The van der Waals surface area contributed by atoms with Crippen LogP contribution in [-0.2, 0) is 6.42 Å². The lowest BCUT2D eigenvalue weighted by molar-refractivity contribution is 0.514. The van der Waals surface area contributed by atoms with E-state index in [2.05, 4.69) is 71.0 Å². The van der Waals surface area contributed by atoms with Crippen LogP contribution in [0.3, 0.4) is 0 Å². The molecule has 1 saturated carbocycles. The van der Waals surface area contributed by atoms with Crippen LogP contribution in [0.15, 0.2) is 24.3 Å². The number of halogens is 1. The van der Waals surface area contributed by atoms with E-state index in [9.17, 15) is 0 Å². The summed E-state index contributed by atoms with van der Waals surface area (Å²) in [5.41, 5.74) is 1.45. The molecule has 0 heterocycles. The normalized spacial score (nSPS) is 18.4. The number of likely N-dealkylation sites (N-methyl/N-ethyl adjacent to an activating group) is 1. The van der Waals surface area contributed by atoms with Gasteiger partial charge in [-0.15, -0.1) is 0 Å². The fourth-order valence-electron chi connectivity index (χ4n) is 2.63. The Bertz CT molecular complexity index is 360. The summed E-state index contributed by atoms with van der Waals surface area (Å²) >= 11 is 4.55. The average Bonchev–Trinajstić information content (AvgIpc) is 2.46. The van der Waals surface area contributed by atoms with E-state index >= 15 is 0 Å². The molecule has 1 atom stereocenters. The van der Waals surface area contributed by atoms with Crippen molar-refractivity contribution in [2.24, 2.45) is 0 Å². The first-order valence-electron chi connectivity index (χ1n) is 7.31. The fraction of sp³-hybridized carbons (Fsp3) is 0.625. The molecule has 1 aromatic carbocycles. The molecule has 1 nitrogen and oxygen atoms in total. The molecule has 1 aliphatic rings. The molecule has 2 rings (SSSR count). The first kappa shape index (κ1) is 15.6. The highest BCUT2D eigenvalue weighted by Gasteiger charge is 2.16. The van der Waals surface area contributed by atoms with E-state index in [1.54, 1.807) is 0 Å².